The van der Waals surface area contributed by atoms with Crippen LogP contribution in [-0.2, 0) is 9.47 Å². The van der Waals surface area contributed by atoms with Crippen molar-refractivity contribution < 1.29 is 9.47 Å². The Morgan fingerprint density at radius 3 is 2.38 bits per heavy atom. The summed E-state index contributed by atoms with van der Waals surface area (Å²) >= 11 is 0. The van der Waals surface area contributed by atoms with Crippen LogP contribution in [0.5, 0.6) is 0 Å². The van der Waals surface area contributed by atoms with Gasteiger partial charge in [-0.1, -0.05) is 13.8 Å². The standard InChI is InChI=1S/C12H22N2O2/c1-10(2)8-15-5-6-16-9-12(7-13)14-11-3-4-11/h10-12,14H,3-6,8-9H2,1-2H3. The molecule has 4 heteroatoms. The van der Waals surface area contributed by atoms with Crippen molar-refractivity contribution in [2.24, 2.45) is 5.92 Å². The van der Waals surface area contributed by atoms with E-state index in [1.807, 2.05) is 0 Å². The van der Waals surface area contributed by atoms with Crippen LogP contribution in [0.25, 0.3) is 0 Å². The van der Waals surface area contributed by atoms with Crippen molar-refractivity contribution in [3.05, 3.63) is 0 Å². The summed E-state index contributed by atoms with van der Waals surface area (Å²) < 4.78 is 10.8. The number of hydrogen-bond donors (Lipinski definition) is 1. The Morgan fingerprint density at radius 1 is 1.25 bits per heavy atom. The highest BCUT2D eigenvalue weighted by Gasteiger charge is 2.24. The molecule has 0 aromatic carbocycles. The Morgan fingerprint density at radius 2 is 1.88 bits per heavy atom. The third-order valence-electron chi connectivity index (χ3n) is 2.28. The second-order valence-electron chi connectivity index (χ2n) is 4.67. The number of nitriles is 1. The Labute approximate surface area is 97.9 Å². The van der Waals surface area contributed by atoms with Gasteiger partial charge >= 0.3 is 0 Å². The molecule has 0 aromatic heterocycles. The van der Waals surface area contributed by atoms with Crippen molar-refractivity contribution in [2.45, 2.75) is 38.8 Å². The molecule has 1 rings (SSSR count). The molecule has 1 aliphatic carbocycles. The lowest BCUT2D eigenvalue weighted by molar-refractivity contribution is 0.0343. The summed E-state index contributed by atoms with van der Waals surface area (Å²) in [6, 6.07) is 2.58. The summed E-state index contributed by atoms with van der Waals surface area (Å²) in [5.41, 5.74) is 0. The minimum Gasteiger partial charge on any atom is -0.379 e. The molecule has 1 fully saturated rings. The van der Waals surface area contributed by atoms with Crippen molar-refractivity contribution in [2.75, 3.05) is 26.4 Å². The Hall–Kier alpha value is -0.630. The first kappa shape index (κ1) is 13.4. The van der Waals surface area contributed by atoms with Gasteiger partial charge in [0.15, 0.2) is 0 Å². The normalized spacial score (nSPS) is 17.4. The summed E-state index contributed by atoms with van der Waals surface area (Å²) in [5, 5.41) is 12.1. The quantitative estimate of drug-likeness (QED) is 0.602. The number of rotatable bonds is 9. The summed E-state index contributed by atoms with van der Waals surface area (Å²) in [6.07, 6.45) is 2.38. The topological polar surface area (TPSA) is 54.3 Å². The lowest BCUT2D eigenvalue weighted by atomic mass is 10.2. The number of nitrogens with one attached hydrogen (secondary N) is 1. The van der Waals surface area contributed by atoms with Gasteiger partial charge in [0.05, 0.1) is 25.9 Å². The molecule has 0 saturated heterocycles. The molecule has 4 nitrogen and oxygen atoms in total. The second kappa shape index (κ2) is 7.61. The zero-order chi connectivity index (χ0) is 11.8. The predicted molar refractivity (Wildman–Crippen MR) is 62.0 cm³/mol. The van der Waals surface area contributed by atoms with Crippen LogP contribution in [0.4, 0.5) is 0 Å². The van der Waals surface area contributed by atoms with E-state index >= 15 is 0 Å². The average Bonchev–Trinajstić information content (AvgIpc) is 3.04. The van der Waals surface area contributed by atoms with Crippen LogP contribution in [-0.4, -0.2) is 38.5 Å². The highest BCUT2D eigenvalue weighted by Crippen LogP contribution is 2.19. The fourth-order valence-corrected chi connectivity index (χ4v) is 1.30. The van der Waals surface area contributed by atoms with E-state index in [9.17, 15) is 0 Å². The summed E-state index contributed by atoms with van der Waals surface area (Å²) in [5.74, 6) is 0.559. The first-order chi connectivity index (χ1) is 7.72. The largest absolute Gasteiger partial charge is 0.379 e. The van der Waals surface area contributed by atoms with Crippen molar-refractivity contribution in [1.82, 2.24) is 5.32 Å². The number of nitrogens with zero attached hydrogens (tertiary/aromatic N) is 1. The second-order valence-corrected chi connectivity index (χ2v) is 4.67. The molecule has 1 aliphatic rings. The van der Waals surface area contributed by atoms with E-state index in [-0.39, 0.29) is 6.04 Å². The molecular formula is C12H22N2O2. The average molecular weight is 226 g/mol. The van der Waals surface area contributed by atoms with Gasteiger partial charge < -0.3 is 9.47 Å². The molecule has 0 radical (unpaired) electrons. The lowest BCUT2D eigenvalue weighted by Gasteiger charge is -2.11. The maximum Gasteiger partial charge on any atom is 0.119 e. The van der Waals surface area contributed by atoms with Crippen LogP contribution < -0.4 is 5.32 Å². The zero-order valence-corrected chi connectivity index (χ0v) is 10.2. The van der Waals surface area contributed by atoms with Gasteiger partial charge in [-0.15, -0.1) is 0 Å². The molecule has 0 bridgehead atoms. The van der Waals surface area contributed by atoms with Gasteiger partial charge in [0.1, 0.15) is 6.04 Å². The molecule has 1 atom stereocenters. The maximum absolute atomic E-state index is 8.85. The van der Waals surface area contributed by atoms with Crippen LogP contribution in [0.1, 0.15) is 26.7 Å². The van der Waals surface area contributed by atoms with Gasteiger partial charge in [0.2, 0.25) is 0 Å². The fourth-order valence-electron chi connectivity index (χ4n) is 1.30. The highest BCUT2D eigenvalue weighted by molar-refractivity contribution is 4.95. The Balaban J connectivity index is 1.90. The number of ether oxygens (including phenoxy) is 2. The summed E-state index contributed by atoms with van der Waals surface area (Å²) in [4.78, 5) is 0. The first-order valence-corrected chi connectivity index (χ1v) is 6.03. The van der Waals surface area contributed by atoms with Crippen molar-refractivity contribution in [3.8, 4) is 6.07 Å². The van der Waals surface area contributed by atoms with Gasteiger partial charge in [0, 0.05) is 12.6 Å². The van der Waals surface area contributed by atoms with Gasteiger partial charge in [-0.3, -0.25) is 5.32 Å². The summed E-state index contributed by atoms with van der Waals surface area (Å²) in [7, 11) is 0. The van der Waals surface area contributed by atoms with Crippen molar-refractivity contribution in [3.63, 3.8) is 0 Å². The molecule has 0 heterocycles. The van der Waals surface area contributed by atoms with E-state index in [2.05, 4.69) is 25.2 Å². The van der Waals surface area contributed by atoms with E-state index in [4.69, 9.17) is 14.7 Å². The Kier molecular flexibility index (Phi) is 6.39. The van der Waals surface area contributed by atoms with Crippen LogP contribution in [0.15, 0.2) is 0 Å². The molecule has 0 aromatic rings. The molecule has 0 aliphatic heterocycles. The molecule has 0 amide bonds. The maximum atomic E-state index is 8.85. The molecule has 1 N–H and O–H groups in total. The van der Waals surface area contributed by atoms with Crippen LogP contribution in [0.3, 0.4) is 0 Å². The SMILES string of the molecule is CC(C)COCCOCC(C#N)NC1CC1. The monoisotopic (exact) mass is 226 g/mol. The van der Waals surface area contributed by atoms with E-state index < -0.39 is 0 Å². The molecule has 16 heavy (non-hydrogen) atoms. The van der Waals surface area contributed by atoms with Crippen molar-refractivity contribution >= 4 is 0 Å². The van der Waals surface area contributed by atoms with E-state index in [0.29, 0.717) is 31.8 Å². The van der Waals surface area contributed by atoms with Crippen LogP contribution in [0.2, 0.25) is 0 Å². The lowest BCUT2D eigenvalue weighted by Crippen LogP contribution is -2.34. The first-order valence-electron chi connectivity index (χ1n) is 6.03. The van der Waals surface area contributed by atoms with Gasteiger partial charge in [-0.25, -0.2) is 0 Å². The van der Waals surface area contributed by atoms with E-state index in [1.54, 1.807) is 0 Å². The van der Waals surface area contributed by atoms with E-state index in [0.717, 1.165) is 6.61 Å². The van der Waals surface area contributed by atoms with Crippen molar-refractivity contribution in [1.29, 1.82) is 5.26 Å². The van der Waals surface area contributed by atoms with E-state index in [1.165, 1.54) is 12.8 Å². The fraction of sp³-hybridized carbons (Fsp3) is 0.917. The molecule has 0 spiro atoms. The smallest absolute Gasteiger partial charge is 0.119 e. The third-order valence-corrected chi connectivity index (χ3v) is 2.28. The minimum atomic E-state index is -0.169. The number of hydrogen-bond acceptors (Lipinski definition) is 4. The molecule has 1 saturated carbocycles. The van der Waals surface area contributed by atoms with Gasteiger partial charge in [-0.2, -0.15) is 5.26 Å². The third kappa shape index (κ3) is 6.78. The summed E-state index contributed by atoms with van der Waals surface area (Å²) in [6.45, 7) is 6.64. The predicted octanol–water partition coefficient (Wildman–Crippen LogP) is 1.32. The Bertz CT molecular complexity index is 222. The van der Waals surface area contributed by atoms with Crippen LogP contribution >= 0.6 is 0 Å². The zero-order valence-electron chi connectivity index (χ0n) is 10.2. The molecular weight excluding hydrogens is 204 g/mol. The van der Waals surface area contributed by atoms with Crippen LogP contribution in [0, 0.1) is 17.2 Å². The molecule has 92 valence electrons. The highest BCUT2D eigenvalue weighted by atomic mass is 16.5. The minimum absolute atomic E-state index is 0.169. The van der Waals surface area contributed by atoms with Gasteiger partial charge in [-0.05, 0) is 18.8 Å². The molecule has 1 unspecified atom stereocenters. The van der Waals surface area contributed by atoms with Gasteiger partial charge in [0.25, 0.3) is 0 Å².